The van der Waals surface area contributed by atoms with E-state index < -0.39 is 11.9 Å². The molecule has 0 aliphatic rings. The second-order valence-corrected chi connectivity index (χ2v) is 4.65. The van der Waals surface area contributed by atoms with Crippen molar-refractivity contribution in [2.24, 2.45) is 0 Å². The predicted octanol–water partition coefficient (Wildman–Crippen LogP) is 3.14. The number of carbonyl (C=O) groups is 2. The molecule has 5 nitrogen and oxygen atoms in total. The van der Waals surface area contributed by atoms with Gasteiger partial charge in [0.05, 0.1) is 24.3 Å². The molecule has 22 heavy (non-hydrogen) atoms. The number of aromatic nitrogens is 1. The third-order valence-electron chi connectivity index (χ3n) is 3.26. The highest BCUT2D eigenvalue weighted by molar-refractivity contribution is 6.04. The summed E-state index contributed by atoms with van der Waals surface area (Å²) in [5.41, 5.74) is 1.99. The van der Waals surface area contributed by atoms with Crippen LogP contribution in [0.2, 0.25) is 0 Å². The Hall–Kier alpha value is -2.56. The van der Waals surface area contributed by atoms with E-state index in [1.165, 1.54) is 0 Å². The minimum atomic E-state index is -0.525. The third-order valence-corrected chi connectivity index (χ3v) is 3.26. The van der Waals surface area contributed by atoms with Crippen LogP contribution in [0.3, 0.4) is 0 Å². The van der Waals surface area contributed by atoms with Crippen LogP contribution in [-0.2, 0) is 9.47 Å². The molecule has 0 saturated carbocycles. The SMILES string of the molecule is CCOC(=O)c1cn(-c2ccccc2)c(C)c1C(=O)OCC. The zero-order valence-corrected chi connectivity index (χ0v) is 13.0. The predicted molar refractivity (Wildman–Crippen MR) is 82.4 cm³/mol. The van der Waals surface area contributed by atoms with Gasteiger partial charge in [0.15, 0.2) is 0 Å². The summed E-state index contributed by atoms with van der Waals surface area (Å²) in [7, 11) is 0. The first-order valence-electron chi connectivity index (χ1n) is 7.21. The van der Waals surface area contributed by atoms with Gasteiger partial charge in [-0.05, 0) is 32.9 Å². The third kappa shape index (κ3) is 3.03. The number of hydrogen-bond donors (Lipinski definition) is 0. The summed E-state index contributed by atoms with van der Waals surface area (Å²) in [6, 6.07) is 9.49. The van der Waals surface area contributed by atoms with Gasteiger partial charge in [0.25, 0.3) is 0 Å². The van der Waals surface area contributed by atoms with Gasteiger partial charge in [0.1, 0.15) is 0 Å². The lowest BCUT2D eigenvalue weighted by molar-refractivity contribution is 0.0479. The normalized spacial score (nSPS) is 10.3. The van der Waals surface area contributed by atoms with Crippen molar-refractivity contribution in [3.63, 3.8) is 0 Å². The van der Waals surface area contributed by atoms with Gasteiger partial charge in [0, 0.05) is 17.6 Å². The van der Waals surface area contributed by atoms with Gasteiger partial charge in [0.2, 0.25) is 0 Å². The molecule has 0 atom stereocenters. The van der Waals surface area contributed by atoms with E-state index >= 15 is 0 Å². The van der Waals surface area contributed by atoms with Crippen LogP contribution in [0.5, 0.6) is 0 Å². The molecule has 0 amide bonds. The summed E-state index contributed by atoms with van der Waals surface area (Å²) in [4.78, 5) is 24.3. The van der Waals surface area contributed by atoms with E-state index in [9.17, 15) is 9.59 Å². The van der Waals surface area contributed by atoms with E-state index in [1.807, 2.05) is 30.3 Å². The van der Waals surface area contributed by atoms with Crippen LogP contribution in [0.25, 0.3) is 5.69 Å². The molecule has 0 spiro atoms. The van der Waals surface area contributed by atoms with Crippen LogP contribution in [0.1, 0.15) is 40.3 Å². The number of para-hydroxylation sites is 1. The molecule has 5 heteroatoms. The summed E-state index contributed by atoms with van der Waals surface area (Å²) in [6.45, 7) is 5.73. The average molecular weight is 301 g/mol. The standard InChI is InChI=1S/C17H19NO4/c1-4-21-16(19)14-11-18(13-9-7-6-8-10-13)12(3)15(14)17(20)22-5-2/h6-11H,4-5H2,1-3H3. The molecule has 116 valence electrons. The molecule has 1 aromatic heterocycles. The van der Waals surface area contributed by atoms with Crippen molar-refractivity contribution in [3.8, 4) is 5.69 Å². The lowest BCUT2D eigenvalue weighted by Crippen LogP contribution is -2.13. The topological polar surface area (TPSA) is 57.5 Å². The van der Waals surface area contributed by atoms with E-state index in [0.29, 0.717) is 5.69 Å². The molecule has 0 fully saturated rings. The number of esters is 2. The summed E-state index contributed by atoms with van der Waals surface area (Å²) in [5.74, 6) is -1.04. The molecule has 0 aliphatic carbocycles. The molecule has 0 N–H and O–H groups in total. The van der Waals surface area contributed by atoms with Gasteiger partial charge < -0.3 is 14.0 Å². The lowest BCUT2D eigenvalue weighted by Gasteiger charge is -2.07. The van der Waals surface area contributed by atoms with Crippen LogP contribution < -0.4 is 0 Å². The molecule has 2 rings (SSSR count). The summed E-state index contributed by atoms with van der Waals surface area (Å²) in [5, 5.41) is 0. The Balaban J connectivity index is 2.56. The molecule has 2 aromatic rings. The Morgan fingerprint density at radius 3 is 2.18 bits per heavy atom. The fourth-order valence-electron chi connectivity index (χ4n) is 2.29. The summed E-state index contributed by atoms with van der Waals surface area (Å²) in [6.07, 6.45) is 1.62. The number of hydrogen-bond acceptors (Lipinski definition) is 4. The average Bonchev–Trinajstić information content (AvgIpc) is 2.86. The van der Waals surface area contributed by atoms with E-state index in [0.717, 1.165) is 5.69 Å². The molecule has 0 radical (unpaired) electrons. The second-order valence-electron chi connectivity index (χ2n) is 4.65. The van der Waals surface area contributed by atoms with Crippen molar-refractivity contribution in [3.05, 3.63) is 53.3 Å². The van der Waals surface area contributed by atoms with E-state index in [2.05, 4.69) is 0 Å². The number of carbonyl (C=O) groups excluding carboxylic acids is 2. The van der Waals surface area contributed by atoms with E-state index in [-0.39, 0.29) is 24.3 Å². The number of ether oxygens (including phenoxy) is 2. The zero-order valence-electron chi connectivity index (χ0n) is 13.0. The minimum Gasteiger partial charge on any atom is -0.462 e. The van der Waals surface area contributed by atoms with Crippen LogP contribution in [0.15, 0.2) is 36.5 Å². The van der Waals surface area contributed by atoms with Gasteiger partial charge in [-0.1, -0.05) is 18.2 Å². The van der Waals surface area contributed by atoms with Gasteiger partial charge in [-0.3, -0.25) is 0 Å². The van der Waals surface area contributed by atoms with Crippen molar-refractivity contribution >= 4 is 11.9 Å². The van der Waals surface area contributed by atoms with Gasteiger partial charge in [-0.25, -0.2) is 9.59 Å². The van der Waals surface area contributed by atoms with Crippen molar-refractivity contribution in [1.29, 1.82) is 0 Å². The first-order valence-corrected chi connectivity index (χ1v) is 7.21. The minimum absolute atomic E-state index is 0.224. The Labute approximate surface area is 129 Å². The number of benzene rings is 1. The fourth-order valence-corrected chi connectivity index (χ4v) is 2.29. The van der Waals surface area contributed by atoms with Crippen LogP contribution in [0, 0.1) is 6.92 Å². The van der Waals surface area contributed by atoms with Crippen molar-refractivity contribution in [1.82, 2.24) is 4.57 Å². The summed E-state index contributed by atoms with van der Waals surface area (Å²) >= 11 is 0. The van der Waals surface area contributed by atoms with Crippen molar-refractivity contribution < 1.29 is 19.1 Å². The quantitative estimate of drug-likeness (QED) is 0.796. The largest absolute Gasteiger partial charge is 0.462 e. The maximum Gasteiger partial charge on any atom is 0.340 e. The molecule has 0 unspecified atom stereocenters. The number of rotatable bonds is 5. The zero-order chi connectivity index (χ0) is 16.1. The molecule has 0 bridgehead atoms. The van der Waals surface area contributed by atoms with Gasteiger partial charge in [-0.15, -0.1) is 0 Å². The molecule has 0 saturated heterocycles. The smallest absolute Gasteiger partial charge is 0.340 e. The lowest BCUT2D eigenvalue weighted by atomic mass is 10.1. The molecular weight excluding hydrogens is 282 g/mol. The molecular formula is C17H19NO4. The maximum atomic E-state index is 12.2. The van der Waals surface area contributed by atoms with Crippen molar-refractivity contribution in [2.75, 3.05) is 13.2 Å². The van der Waals surface area contributed by atoms with Gasteiger partial charge >= 0.3 is 11.9 Å². The van der Waals surface area contributed by atoms with Gasteiger partial charge in [-0.2, -0.15) is 0 Å². The fraction of sp³-hybridized carbons (Fsp3) is 0.294. The first-order chi connectivity index (χ1) is 10.6. The molecule has 1 heterocycles. The highest BCUT2D eigenvalue weighted by Gasteiger charge is 2.26. The Morgan fingerprint density at radius 1 is 1.00 bits per heavy atom. The molecule has 0 aliphatic heterocycles. The number of nitrogens with zero attached hydrogens (tertiary/aromatic N) is 1. The Morgan fingerprint density at radius 2 is 1.59 bits per heavy atom. The van der Waals surface area contributed by atoms with Crippen LogP contribution >= 0.6 is 0 Å². The summed E-state index contributed by atoms with van der Waals surface area (Å²) < 4.78 is 11.9. The molecule has 1 aromatic carbocycles. The van der Waals surface area contributed by atoms with Crippen LogP contribution in [-0.4, -0.2) is 29.7 Å². The van der Waals surface area contributed by atoms with E-state index in [4.69, 9.17) is 9.47 Å². The van der Waals surface area contributed by atoms with Crippen LogP contribution in [0.4, 0.5) is 0 Å². The highest BCUT2D eigenvalue weighted by Crippen LogP contribution is 2.23. The first kappa shape index (κ1) is 15.8. The van der Waals surface area contributed by atoms with E-state index in [1.54, 1.807) is 31.5 Å². The van der Waals surface area contributed by atoms with Crippen molar-refractivity contribution in [2.45, 2.75) is 20.8 Å². The Kier molecular flexibility index (Phi) is 4.99. The Bertz CT molecular complexity index is 673. The maximum absolute atomic E-state index is 12.2. The highest BCUT2D eigenvalue weighted by atomic mass is 16.5. The second kappa shape index (κ2) is 6.93. The monoisotopic (exact) mass is 301 g/mol.